The fourth-order valence-corrected chi connectivity index (χ4v) is 3.57. The quantitative estimate of drug-likeness (QED) is 0.877. The average Bonchev–Trinajstić information content (AvgIpc) is 3.15. The number of rotatable bonds is 3. The predicted molar refractivity (Wildman–Crippen MR) is 81.7 cm³/mol. The molecule has 3 rings (SSSR count). The molecule has 0 unspecified atom stereocenters. The zero-order valence-electron chi connectivity index (χ0n) is 12.9. The monoisotopic (exact) mass is 335 g/mol. The number of H-pyrrole nitrogens is 1. The van der Waals surface area contributed by atoms with Gasteiger partial charge in [0.15, 0.2) is 9.84 Å². The molecule has 23 heavy (non-hydrogen) atoms. The Morgan fingerprint density at radius 1 is 1.30 bits per heavy atom. The molecular formula is C14H17N5O3S. The van der Waals surface area contributed by atoms with Crippen LogP contribution in [-0.2, 0) is 9.84 Å². The van der Waals surface area contributed by atoms with Crippen LogP contribution in [0, 0.1) is 6.92 Å². The summed E-state index contributed by atoms with van der Waals surface area (Å²) in [4.78, 5) is 22.5. The summed E-state index contributed by atoms with van der Waals surface area (Å²) in [5, 5.41) is 6.61. The summed E-state index contributed by atoms with van der Waals surface area (Å²) in [6.45, 7) is 2.78. The fraction of sp³-hybridized carbons (Fsp3) is 0.429. The lowest BCUT2D eigenvalue weighted by Gasteiger charge is -2.16. The Hall–Kier alpha value is -2.29. The molecule has 1 aliphatic rings. The van der Waals surface area contributed by atoms with Crippen LogP contribution < -0.4 is 0 Å². The van der Waals surface area contributed by atoms with Crippen molar-refractivity contribution < 1.29 is 13.2 Å². The van der Waals surface area contributed by atoms with Crippen LogP contribution in [-0.4, -0.2) is 58.7 Å². The van der Waals surface area contributed by atoms with Crippen molar-refractivity contribution in [3.63, 3.8) is 0 Å². The van der Waals surface area contributed by atoms with Gasteiger partial charge in [0.25, 0.3) is 5.91 Å². The molecule has 1 saturated heterocycles. The molecule has 1 atom stereocenters. The van der Waals surface area contributed by atoms with Crippen molar-refractivity contribution >= 4 is 15.7 Å². The summed E-state index contributed by atoms with van der Waals surface area (Å²) < 4.78 is 23.6. The zero-order chi connectivity index (χ0) is 16.6. The van der Waals surface area contributed by atoms with Gasteiger partial charge < -0.3 is 4.90 Å². The Kier molecular flexibility index (Phi) is 3.88. The summed E-state index contributed by atoms with van der Waals surface area (Å²) in [7, 11) is -3.34. The first-order valence-electron chi connectivity index (χ1n) is 7.17. The molecule has 122 valence electrons. The minimum atomic E-state index is -3.34. The van der Waals surface area contributed by atoms with E-state index < -0.39 is 9.84 Å². The summed E-state index contributed by atoms with van der Waals surface area (Å²) in [5.74, 6) is -0.273. The van der Waals surface area contributed by atoms with Crippen molar-refractivity contribution in [1.29, 1.82) is 0 Å². The first kappa shape index (κ1) is 15.6. The van der Waals surface area contributed by atoms with Crippen molar-refractivity contribution in [2.24, 2.45) is 0 Å². The number of hydrogen-bond donors (Lipinski definition) is 1. The maximum absolute atomic E-state index is 12.4. The van der Waals surface area contributed by atoms with Gasteiger partial charge in [0.2, 0.25) is 0 Å². The molecule has 0 bridgehead atoms. The third kappa shape index (κ3) is 3.09. The molecule has 0 aliphatic carbocycles. The SMILES string of the molecule is Cc1cnc(C(=O)N2CC[C@H](c3[nH]ncc3S(C)(=O)=O)C2)cn1. The fourth-order valence-electron chi connectivity index (χ4n) is 2.72. The largest absolute Gasteiger partial charge is 0.337 e. The Morgan fingerprint density at radius 3 is 2.74 bits per heavy atom. The van der Waals surface area contributed by atoms with Gasteiger partial charge in [-0.2, -0.15) is 5.10 Å². The van der Waals surface area contributed by atoms with Crippen LogP contribution in [0.1, 0.15) is 34.2 Å². The number of nitrogens with zero attached hydrogens (tertiary/aromatic N) is 4. The molecule has 2 aromatic heterocycles. The normalized spacial score (nSPS) is 18.3. The number of aromatic nitrogens is 4. The molecule has 1 fully saturated rings. The van der Waals surface area contributed by atoms with E-state index in [2.05, 4.69) is 20.2 Å². The van der Waals surface area contributed by atoms with E-state index in [4.69, 9.17) is 0 Å². The summed E-state index contributed by atoms with van der Waals surface area (Å²) in [6, 6.07) is 0. The molecule has 0 spiro atoms. The van der Waals surface area contributed by atoms with Crippen molar-refractivity contribution in [2.45, 2.75) is 24.2 Å². The van der Waals surface area contributed by atoms with Crippen LogP contribution in [0.25, 0.3) is 0 Å². The first-order valence-corrected chi connectivity index (χ1v) is 9.06. The Balaban J connectivity index is 1.78. The number of carbonyl (C=O) groups excluding carboxylic acids is 1. The Morgan fingerprint density at radius 2 is 2.09 bits per heavy atom. The summed E-state index contributed by atoms with van der Waals surface area (Å²) in [6.07, 6.45) is 6.16. The molecular weight excluding hydrogens is 318 g/mol. The zero-order valence-corrected chi connectivity index (χ0v) is 13.7. The molecule has 0 saturated carbocycles. The standard InChI is InChI=1S/C14H17N5O3S/c1-9-5-16-11(6-15-9)14(20)19-4-3-10(8-19)13-12(7-17-18-13)23(2,21)22/h5-7,10H,3-4,8H2,1-2H3,(H,17,18)/t10-/m0/s1. The van der Waals surface area contributed by atoms with Crippen LogP contribution in [0.2, 0.25) is 0 Å². The van der Waals surface area contributed by atoms with Gasteiger partial charge >= 0.3 is 0 Å². The number of aromatic amines is 1. The number of likely N-dealkylation sites (tertiary alicyclic amines) is 1. The van der Waals surface area contributed by atoms with Crippen LogP contribution in [0.3, 0.4) is 0 Å². The van der Waals surface area contributed by atoms with E-state index in [9.17, 15) is 13.2 Å². The summed E-state index contributed by atoms with van der Waals surface area (Å²) >= 11 is 0. The van der Waals surface area contributed by atoms with Gasteiger partial charge in [0.1, 0.15) is 10.6 Å². The third-order valence-corrected chi connectivity index (χ3v) is 5.04. The van der Waals surface area contributed by atoms with Gasteiger partial charge in [0.05, 0.1) is 23.8 Å². The third-order valence-electron chi connectivity index (χ3n) is 3.92. The highest BCUT2D eigenvalue weighted by molar-refractivity contribution is 7.90. The molecule has 1 aliphatic heterocycles. The lowest BCUT2D eigenvalue weighted by molar-refractivity contribution is 0.0784. The van der Waals surface area contributed by atoms with Crippen molar-refractivity contribution in [2.75, 3.05) is 19.3 Å². The molecule has 1 N–H and O–H groups in total. The Bertz CT molecular complexity index is 828. The van der Waals surface area contributed by atoms with E-state index in [-0.39, 0.29) is 16.7 Å². The second-order valence-electron chi connectivity index (χ2n) is 5.70. The van der Waals surface area contributed by atoms with Gasteiger partial charge in [-0.3, -0.25) is 14.9 Å². The number of hydrogen-bond acceptors (Lipinski definition) is 6. The van der Waals surface area contributed by atoms with Crippen molar-refractivity contribution in [1.82, 2.24) is 25.1 Å². The highest BCUT2D eigenvalue weighted by Crippen LogP contribution is 2.30. The number of carbonyl (C=O) groups is 1. The minimum Gasteiger partial charge on any atom is -0.337 e. The highest BCUT2D eigenvalue weighted by atomic mass is 32.2. The maximum atomic E-state index is 12.4. The van der Waals surface area contributed by atoms with E-state index >= 15 is 0 Å². The topological polar surface area (TPSA) is 109 Å². The second kappa shape index (κ2) is 5.73. The number of sulfone groups is 1. The average molecular weight is 335 g/mol. The number of amides is 1. The van der Waals surface area contributed by atoms with E-state index in [1.54, 1.807) is 18.0 Å². The lowest BCUT2D eigenvalue weighted by Crippen LogP contribution is -2.29. The van der Waals surface area contributed by atoms with E-state index in [0.717, 1.165) is 11.9 Å². The van der Waals surface area contributed by atoms with Crippen LogP contribution >= 0.6 is 0 Å². The molecule has 0 radical (unpaired) electrons. The van der Waals surface area contributed by atoms with E-state index in [0.29, 0.717) is 30.9 Å². The van der Waals surface area contributed by atoms with Gasteiger partial charge in [-0.25, -0.2) is 13.4 Å². The summed E-state index contributed by atoms with van der Waals surface area (Å²) in [5.41, 5.74) is 1.61. The lowest BCUT2D eigenvalue weighted by atomic mass is 10.1. The van der Waals surface area contributed by atoms with E-state index in [1.807, 2.05) is 0 Å². The van der Waals surface area contributed by atoms with Crippen molar-refractivity contribution in [3.05, 3.63) is 35.7 Å². The predicted octanol–water partition coefficient (Wildman–Crippen LogP) is 0.541. The van der Waals surface area contributed by atoms with Gasteiger partial charge in [-0.1, -0.05) is 0 Å². The number of nitrogens with one attached hydrogen (secondary N) is 1. The smallest absolute Gasteiger partial charge is 0.274 e. The van der Waals surface area contributed by atoms with Crippen LogP contribution in [0.5, 0.6) is 0 Å². The highest BCUT2D eigenvalue weighted by Gasteiger charge is 2.32. The minimum absolute atomic E-state index is 0.0791. The number of aryl methyl sites for hydroxylation is 1. The Labute approximate surface area is 133 Å². The molecule has 0 aromatic carbocycles. The van der Waals surface area contributed by atoms with Gasteiger partial charge in [-0.15, -0.1) is 0 Å². The molecule has 3 heterocycles. The van der Waals surface area contributed by atoms with Gasteiger partial charge in [-0.05, 0) is 13.3 Å². The molecule has 8 nitrogen and oxygen atoms in total. The first-order chi connectivity index (χ1) is 10.9. The maximum Gasteiger partial charge on any atom is 0.274 e. The van der Waals surface area contributed by atoms with Crippen LogP contribution in [0.15, 0.2) is 23.5 Å². The van der Waals surface area contributed by atoms with E-state index in [1.165, 1.54) is 12.4 Å². The second-order valence-corrected chi connectivity index (χ2v) is 7.68. The van der Waals surface area contributed by atoms with Crippen molar-refractivity contribution in [3.8, 4) is 0 Å². The molecule has 9 heteroatoms. The van der Waals surface area contributed by atoms with Crippen LogP contribution in [0.4, 0.5) is 0 Å². The molecule has 2 aromatic rings. The molecule has 1 amide bonds. The van der Waals surface area contributed by atoms with Gasteiger partial charge in [0, 0.05) is 31.5 Å².